The summed E-state index contributed by atoms with van der Waals surface area (Å²) in [5.74, 6) is -0.725. The van der Waals surface area contributed by atoms with Gasteiger partial charge in [-0.3, -0.25) is 19.2 Å². The number of hydrogen-bond donors (Lipinski definition) is 1. The summed E-state index contributed by atoms with van der Waals surface area (Å²) in [5.41, 5.74) is 0.312. The Labute approximate surface area is 212 Å². The number of Topliss-reactive ketones (excluding diaryl/α,β-unsaturated/α-hetero) is 1. The number of ether oxygens (including phenoxy) is 2. The smallest absolute Gasteiger partial charge is 0.306 e. The average Bonchev–Trinajstić information content (AvgIpc) is 3.19. The number of ketones is 2. The Morgan fingerprint density at radius 3 is 2.56 bits per heavy atom. The maximum Gasteiger partial charge on any atom is 0.306 e. The highest BCUT2D eigenvalue weighted by Crippen LogP contribution is 2.66. The summed E-state index contributed by atoms with van der Waals surface area (Å²) >= 11 is 0. The van der Waals surface area contributed by atoms with Crippen LogP contribution < -0.4 is 0 Å². The molecule has 8 heteroatoms. The normalized spacial score (nSPS) is 36.2. The summed E-state index contributed by atoms with van der Waals surface area (Å²) in [4.78, 5) is 59.9. The van der Waals surface area contributed by atoms with Crippen LogP contribution in [0.25, 0.3) is 0 Å². The topological polar surface area (TPSA) is 124 Å². The summed E-state index contributed by atoms with van der Waals surface area (Å²) < 4.78 is 11.1. The number of hydrogen-bond acceptors (Lipinski definition) is 8. The third-order valence-corrected chi connectivity index (χ3v) is 9.03. The molecule has 0 aromatic rings. The highest BCUT2D eigenvalue weighted by atomic mass is 16.5. The number of carbonyl (C=O) groups excluding carboxylic acids is 5. The highest BCUT2D eigenvalue weighted by Gasteiger charge is 2.63. The van der Waals surface area contributed by atoms with Crippen molar-refractivity contribution in [3.63, 3.8) is 0 Å². The number of aliphatic hydroxyl groups is 1. The van der Waals surface area contributed by atoms with Crippen LogP contribution in [0.15, 0.2) is 23.8 Å². The van der Waals surface area contributed by atoms with E-state index in [1.165, 1.54) is 6.92 Å². The summed E-state index contributed by atoms with van der Waals surface area (Å²) in [7, 11) is 1.00. The van der Waals surface area contributed by atoms with E-state index < -0.39 is 23.5 Å². The van der Waals surface area contributed by atoms with E-state index in [1.54, 1.807) is 12.2 Å². The lowest BCUT2D eigenvalue weighted by Crippen LogP contribution is -2.57. The zero-order valence-electron chi connectivity index (χ0n) is 21.7. The molecule has 198 valence electrons. The largest absolute Gasteiger partial charge is 0.462 e. The molecule has 4 rings (SSSR count). The first-order chi connectivity index (χ1) is 17.1. The standard InChI is InChI=1S/C27H34O7.CH4O/c1-16(29)33-15-22(31)21-9-8-20-19-7-6-17-13-18(30)10-11-26(17,2)25(19)23(14-27(20,21)3)34-24(32)5-4-12-28;1-2/h10-13,19-21,23,25H,4-9,14-15H2,1-3H3;2H,1H3. The van der Waals surface area contributed by atoms with Crippen LogP contribution in [-0.2, 0) is 33.4 Å². The molecule has 7 atom stereocenters. The van der Waals surface area contributed by atoms with Gasteiger partial charge in [0, 0.05) is 37.7 Å². The second-order valence-corrected chi connectivity index (χ2v) is 10.8. The maximum atomic E-state index is 13.1. The fraction of sp³-hybridized carbons (Fsp3) is 0.679. The predicted molar refractivity (Wildman–Crippen MR) is 130 cm³/mol. The molecule has 0 saturated heterocycles. The zero-order chi connectivity index (χ0) is 26.7. The van der Waals surface area contributed by atoms with E-state index in [9.17, 15) is 24.0 Å². The molecule has 3 fully saturated rings. The molecule has 0 radical (unpaired) electrons. The molecule has 4 aliphatic carbocycles. The Bertz CT molecular complexity index is 965. The van der Waals surface area contributed by atoms with Crippen molar-refractivity contribution in [2.24, 2.45) is 34.5 Å². The van der Waals surface area contributed by atoms with Crippen molar-refractivity contribution in [3.05, 3.63) is 23.8 Å². The van der Waals surface area contributed by atoms with Gasteiger partial charge in [-0.1, -0.05) is 25.5 Å². The molecular formula is C28H38O8. The monoisotopic (exact) mass is 502 g/mol. The van der Waals surface area contributed by atoms with Gasteiger partial charge in [-0.2, -0.15) is 0 Å². The number of rotatable bonds is 7. The Morgan fingerprint density at radius 1 is 1.17 bits per heavy atom. The van der Waals surface area contributed by atoms with Crippen LogP contribution in [0.2, 0.25) is 0 Å². The lowest BCUT2D eigenvalue weighted by molar-refractivity contribution is -0.175. The Balaban J connectivity index is 0.00000176. The van der Waals surface area contributed by atoms with Gasteiger partial charge in [0.25, 0.3) is 0 Å². The van der Waals surface area contributed by atoms with Crippen molar-refractivity contribution >= 4 is 29.8 Å². The molecule has 0 aromatic carbocycles. The van der Waals surface area contributed by atoms with Gasteiger partial charge in [-0.05, 0) is 61.5 Å². The van der Waals surface area contributed by atoms with Gasteiger partial charge in [-0.15, -0.1) is 0 Å². The fourth-order valence-corrected chi connectivity index (χ4v) is 7.61. The summed E-state index contributed by atoms with van der Waals surface area (Å²) in [5, 5.41) is 7.00. The summed E-state index contributed by atoms with van der Waals surface area (Å²) in [6.45, 7) is 5.32. The zero-order valence-corrected chi connectivity index (χ0v) is 21.7. The molecule has 8 nitrogen and oxygen atoms in total. The van der Waals surface area contributed by atoms with E-state index in [1.807, 2.05) is 6.08 Å². The van der Waals surface area contributed by atoms with Crippen LogP contribution in [-0.4, -0.2) is 54.7 Å². The lowest BCUT2D eigenvalue weighted by Gasteiger charge is -2.59. The summed E-state index contributed by atoms with van der Waals surface area (Å²) in [6, 6.07) is 0. The van der Waals surface area contributed by atoms with Gasteiger partial charge in [0.05, 0.1) is 6.42 Å². The van der Waals surface area contributed by atoms with Gasteiger partial charge in [0.15, 0.2) is 11.6 Å². The SMILES string of the molecule is CC(=O)OCC(=O)C1CCC2C3CCC4=CC(=O)C=CC4(C)C3C(OC(=O)CCC=O)CC12C.CO. The van der Waals surface area contributed by atoms with Crippen molar-refractivity contribution in [3.8, 4) is 0 Å². The van der Waals surface area contributed by atoms with Gasteiger partial charge in [0.1, 0.15) is 19.0 Å². The highest BCUT2D eigenvalue weighted by molar-refractivity contribution is 6.01. The number of carbonyl (C=O) groups is 5. The number of aldehydes is 1. The van der Waals surface area contributed by atoms with Crippen LogP contribution in [0.4, 0.5) is 0 Å². The molecule has 0 spiro atoms. The third-order valence-electron chi connectivity index (χ3n) is 9.03. The number of esters is 2. The van der Waals surface area contributed by atoms with Crippen LogP contribution >= 0.6 is 0 Å². The summed E-state index contributed by atoms with van der Waals surface area (Å²) in [6.07, 6.45) is 9.59. The average molecular weight is 503 g/mol. The predicted octanol–water partition coefficient (Wildman–Crippen LogP) is 3.15. The molecule has 0 aromatic heterocycles. The van der Waals surface area contributed by atoms with E-state index in [4.69, 9.17) is 14.6 Å². The fourth-order valence-electron chi connectivity index (χ4n) is 7.61. The van der Waals surface area contributed by atoms with E-state index in [0.29, 0.717) is 12.7 Å². The van der Waals surface area contributed by atoms with Gasteiger partial charge < -0.3 is 19.4 Å². The second-order valence-electron chi connectivity index (χ2n) is 10.8. The first-order valence-corrected chi connectivity index (χ1v) is 12.8. The number of fused-ring (bicyclic) bond motifs is 5. The maximum absolute atomic E-state index is 13.1. The van der Waals surface area contributed by atoms with E-state index in [0.717, 1.165) is 38.4 Å². The molecule has 7 unspecified atom stereocenters. The Kier molecular flexibility index (Phi) is 8.70. The first kappa shape index (κ1) is 28.0. The van der Waals surface area contributed by atoms with Gasteiger partial charge in [-0.25, -0.2) is 0 Å². The van der Waals surface area contributed by atoms with E-state index in [2.05, 4.69) is 13.8 Å². The molecule has 0 amide bonds. The number of aliphatic hydroxyl groups excluding tert-OH is 1. The van der Waals surface area contributed by atoms with Crippen molar-refractivity contribution < 1.29 is 38.6 Å². The third kappa shape index (κ3) is 5.10. The molecule has 36 heavy (non-hydrogen) atoms. The molecule has 1 N–H and O–H groups in total. The van der Waals surface area contributed by atoms with Crippen molar-refractivity contribution in [1.82, 2.24) is 0 Å². The molecule has 0 bridgehead atoms. The molecule has 0 heterocycles. The van der Waals surface area contributed by atoms with Crippen LogP contribution in [0, 0.1) is 34.5 Å². The molecule has 3 saturated carbocycles. The second kappa shape index (κ2) is 11.2. The van der Waals surface area contributed by atoms with Gasteiger partial charge in [0.2, 0.25) is 0 Å². The van der Waals surface area contributed by atoms with Gasteiger partial charge >= 0.3 is 11.9 Å². The molecule has 0 aliphatic heterocycles. The molecule has 4 aliphatic rings. The van der Waals surface area contributed by atoms with Crippen molar-refractivity contribution in [1.29, 1.82) is 0 Å². The Hall–Kier alpha value is -2.61. The van der Waals surface area contributed by atoms with Crippen molar-refractivity contribution in [2.45, 2.75) is 71.8 Å². The van der Waals surface area contributed by atoms with E-state index in [-0.39, 0.29) is 60.1 Å². The minimum Gasteiger partial charge on any atom is -0.462 e. The minimum atomic E-state index is -0.475. The van der Waals surface area contributed by atoms with Crippen LogP contribution in [0.1, 0.15) is 65.7 Å². The van der Waals surface area contributed by atoms with E-state index >= 15 is 0 Å². The minimum absolute atomic E-state index is 0.00238. The van der Waals surface area contributed by atoms with Crippen molar-refractivity contribution in [2.75, 3.05) is 13.7 Å². The number of allylic oxidation sites excluding steroid dienone is 4. The Morgan fingerprint density at radius 2 is 1.89 bits per heavy atom. The van der Waals surface area contributed by atoms with Crippen LogP contribution in [0.5, 0.6) is 0 Å². The van der Waals surface area contributed by atoms with Crippen LogP contribution in [0.3, 0.4) is 0 Å². The quantitative estimate of drug-likeness (QED) is 0.416. The lowest BCUT2D eigenvalue weighted by atomic mass is 9.46. The molecular weight excluding hydrogens is 464 g/mol. The first-order valence-electron chi connectivity index (χ1n) is 12.8.